The van der Waals surface area contributed by atoms with Crippen LogP contribution in [0.4, 0.5) is 0 Å². The van der Waals surface area contributed by atoms with Crippen LogP contribution in [0.25, 0.3) is 0 Å². The molecule has 0 aromatic carbocycles. The first-order chi connectivity index (χ1) is 7.26. The Hall–Kier alpha value is -0.300. The standard InChI is InChI=1S/C11H19ClN2O/c1-2-6-15-11-4-3-5-14(9-11)8-10(12)7-13/h10-11H,2-6,8-9H2,1H3. The van der Waals surface area contributed by atoms with Gasteiger partial charge in [0, 0.05) is 19.7 Å². The molecule has 0 N–H and O–H groups in total. The molecule has 1 saturated heterocycles. The van der Waals surface area contributed by atoms with Crippen molar-refractivity contribution in [2.24, 2.45) is 0 Å². The van der Waals surface area contributed by atoms with Crippen LogP contribution in [0.5, 0.6) is 0 Å². The maximum absolute atomic E-state index is 8.63. The second-order valence-corrected chi connectivity index (χ2v) is 4.52. The number of nitrogens with zero attached hydrogens (tertiary/aromatic N) is 2. The third-order valence-corrected chi connectivity index (χ3v) is 2.81. The number of rotatable bonds is 5. The Labute approximate surface area is 97.0 Å². The maximum Gasteiger partial charge on any atom is 0.133 e. The van der Waals surface area contributed by atoms with E-state index in [1.807, 2.05) is 0 Å². The molecule has 86 valence electrons. The summed E-state index contributed by atoms with van der Waals surface area (Å²) in [6.07, 6.45) is 3.67. The highest BCUT2D eigenvalue weighted by Gasteiger charge is 2.21. The molecule has 2 atom stereocenters. The Morgan fingerprint density at radius 1 is 1.67 bits per heavy atom. The van der Waals surface area contributed by atoms with Crippen molar-refractivity contribution in [2.45, 2.75) is 37.7 Å². The molecular weight excluding hydrogens is 212 g/mol. The molecule has 2 unspecified atom stereocenters. The zero-order chi connectivity index (χ0) is 11.1. The molecule has 0 radical (unpaired) electrons. The molecule has 0 aromatic heterocycles. The number of piperidine rings is 1. The number of likely N-dealkylation sites (tertiary alicyclic amines) is 1. The zero-order valence-corrected chi connectivity index (χ0v) is 10.0. The lowest BCUT2D eigenvalue weighted by molar-refractivity contribution is 0.000794. The van der Waals surface area contributed by atoms with Crippen LogP contribution in [-0.4, -0.2) is 42.6 Å². The smallest absolute Gasteiger partial charge is 0.133 e. The van der Waals surface area contributed by atoms with Gasteiger partial charge in [0.2, 0.25) is 0 Å². The fourth-order valence-electron chi connectivity index (χ4n) is 1.87. The number of halogens is 1. The first kappa shape index (κ1) is 12.8. The first-order valence-corrected chi connectivity index (χ1v) is 6.07. The van der Waals surface area contributed by atoms with Gasteiger partial charge in [0.05, 0.1) is 12.2 Å². The summed E-state index contributed by atoms with van der Waals surface area (Å²) >= 11 is 5.81. The van der Waals surface area contributed by atoms with Gasteiger partial charge in [0.15, 0.2) is 0 Å². The van der Waals surface area contributed by atoms with Crippen LogP contribution in [0.2, 0.25) is 0 Å². The van der Waals surface area contributed by atoms with Gasteiger partial charge in [-0.2, -0.15) is 5.26 Å². The molecule has 1 aliphatic rings. The second-order valence-electron chi connectivity index (χ2n) is 3.99. The average Bonchev–Trinajstić information content (AvgIpc) is 2.26. The third-order valence-electron chi connectivity index (χ3n) is 2.58. The van der Waals surface area contributed by atoms with Crippen molar-refractivity contribution in [1.29, 1.82) is 5.26 Å². The predicted octanol–water partition coefficient (Wildman–Crippen LogP) is 2.01. The lowest BCUT2D eigenvalue weighted by Gasteiger charge is -2.32. The van der Waals surface area contributed by atoms with Crippen molar-refractivity contribution in [3.05, 3.63) is 0 Å². The van der Waals surface area contributed by atoms with E-state index < -0.39 is 5.38 Å². The Balaban J connectivity index is 2.26. The SMILES string of the molecule is CCCOC1CCCN(CC(Cl)C#N)C1. The Kier molecular flexibility index (Phi) is 6.00. The summed E-state index contributed by atoms with van der Waals surface area (Å²) in [5.41, 5.74) is 0. The summed E-state index contributed by atoms with van der Waals surface area (Å²) in [7, 11) is 0. The van der Waals surface area contributed by atoms with Gasteiger partial charge in [-0.1, -0.05) is 6.92 Å². The van der Waals surface area contributed by atoms with Crippen LogP contribution in [0.1, 0.15) is 26.2 Å². The molecule has 1 fully saturated rings. The molecule has 0 saturated carbocycles. The minimum absolute atomic E-state index is 0.334. The minimum atomic E-state index is -0.394. The van der Waals surface area contributed by atoms with Gasteiger partial charge >= 0.3 is 0 Å². The number of hydrogen-bond acceptors (Lipinski definition) is 3. The largest absolute Gasteiger partial charge is 0.377 e. The van der Waals surface area contributed by atoms with E-state index >= 15 is 0 Å². The first-order valence-electron chi connectivity index (χ1n) is 5.64. The van der Waals surface area contributed by atoms with E-state index in [-0.39, 0.29) is 0 Å². The molecule has 4 heteroatoms. The topological polar surface area (TPSA) is 36.3 Å². The summed E-state index contributed by atoms with van der Waals surface area (Å²) < 4.78 is 5.71. The monoisotopic (exact) mass is 230 g/mol. The second kappa shape index (κ2) is 7.05. The predicted molar refractivity (Wildman–Crippen MR) is 61.0 cm³/mol. The van der Waals surface area contributed by atoms with Crippen LogP contribution in [-0.2, 0) is 4.74 Å². The van der Waals surface area contributed by atoms with Crippen molar-refractivity contribution in [3.8, 4) is 6.07 Å². The molecule has 0 aliphatic carbocycles. The lowest BCUT2D eigenvalue weighted by Crippen LogP contribution is -2.42. The number of ether oxygens (including phenoxy) is 1. The van der Waals surface area contributed by atoms with Crippen LogP contribution in [0.3, 0.4) is 0 Å². The van der Waals surface area contributed by atoms with Crippen LogP contribution in [0.15, 0.2) is 0 Å². The quantitative estimate of drug-likeness (QED) is 0.678. The molecule has 0 bridgehead atoms. The van der Waals surface area contributed by atoms with Crippen molar-refractivity contribution in [1.82, 2.24) is 4.90 Å². The van der Waals surface area contributed by atoms with Gasteiger partial charge in [0.25, 0.3) is 0 Å². The molecular formula is C11H19ClN2O. The highest BCUT2D eigenvalue weighted by atomic mass is 35.5. The van der Waals surface area contributed by atoms with Crippen molar-refractivity contribution in [3.63, 3.8) is 0 Å². The van der Waals surface area contributed by atoms with Gasteiger partial charge in [0.1, 0.15) is 5.38 Å². The number of hydrogen-bond donors (Lipinski definition) is 0. The number of nitriles is 1. The zero-order valence-electron chi connectivity index (χ0n) is 9.29. The summed E-state index contributed by atoms with van der Waals surface area (Å²) in [5, 5.41) is 8.24. The summed E-state index contributed by atoms with van der Waals surface area (Å²) in [5.74, 6) is 0. The Bertz CT molecular complexity index is 217. The molecule has 0 amide bonds. The molecule has 15 heavy (non-hydrogen) atoms. The van der Waals surface area contributed by atoms with E-state index in [9.17, 15) is 0 Å². The van der Waals surface area contributed by atoms with E-state index in [1.54, 1.807) is 0 Å². The molecule has 1 rings (SSSR count). The van der Waals surface area contributed by atoms with Crippen LogP contribution in [0, 0.1) is 11.3 Å². The minimum Gasteiger partial charge on any atom is -0.377 e. The highest BCUT2D eigenvalue weighted by molar-refractivity contribution is 6.22. The van der Waals surface area contributed by atoms with Gasteiger partial charge in [-0.25, -0.2) is 0 Å². The van der Waals surface area contributed by atoms with Crippen LogP contribution < -0.4 is 0 Å². The molecule has 3 nitrogen and oxygen atoms in total. The Morgan fingerprint density at radius 2 is 2.47 bits per heavy atom. The molecule has 1 aliphatic heterocycles. The van der Waals surface area contributed by atoms with E-state index in [4.69, 9.17) is 21.6 Å². The van der Waals surface area contributed by atoms with Gasteiger partial charge in [-0.15, -0.1) is 11.6 Å². The normalized spacial score (nSPS) is 24.7. The lowest BCUT2D eigenvalue weighted by atomic mass is 10.1. The maximum atomic E-state index is 8.63. The summed E-state index contributed by atoms with van der Waals surface area (Å²) in [6.45, 7) is 5.57. The Morgan fingerprint density at radius 3 is 3.13 bits per heavy atom. The van der Waals surface area contributed by atoms with Crippen molar-refractivity contribution in [2.75, 3.05) is 26.2 Å². The summed E-state index contributed by atoms with van der Waals surface area (Å²) in [4.78, 5) is 2.23. The third kappa shape index (κ3) is 4.83. The highest BCUT2D eigenvalue weighted by Crippen LogP contribution is 2.14. The van der Waals surface area contributed by atoms with E-state index in [1.165, 1.54) is 0 Å². The average molecular weight is 231 g/mol. The van der Waals surface area contributed by atoms with Gasteiger partial charge in [-0.05, 0) is 25.8 Å². The van der Waals surface area contributed by atoms with E-state index in [0.717, 1.165) is 39.0 Å². The van der Waals surface area contributed by atoms with Crippen molar-refractivity contribution >= 4 is 11.6 Å². The molecule has 0 spiro atoms. The van der Waals surface area contributed by atoms with E-state index in [0.29, 0.717) is 12.6 Å². The fourth-order valence-corrected chi connectivity index (χ4v) is 2.06. The van der Waals surface area contributed by atoms with Gasteiger partial charge in [-0.3, -0.25) is 4.90 Å². The fraction of sp³-hybridized carbons (Fsp3) is 0.909. The van der Waals surface area contributed by atoms with Crippen LogP contribution >= 0.6 is 11.6 Å². The number of alkyl halides is 1. The van der Waals surface area contributed by atoms with E-state index in [2.05, 4.69) is 17.9 Å². The molecule has 1 heterocycles. The van der Waals surface area contributed by atoms with Crippen molar-refractivity contribution < 1.29 is 4.74 Å². The summed E-state index contributed by atoms with van der Waals surface area (Å²) in [6, 6.07) is 2.05. The molecule has 0 aromatic rings. The van der Waals surface area contributed by atoms with Gasteiger partial charge < -0.3 is 4.74 Å².